The molecule has 0 unspecified atom stereocenters. The van der Waals surface area contributed by atoms with Gasteiger partial charge in [-0.3, -0.25) is 9.78 Å². The van der Waals surface area contributed by atoms with Crippen molar-refractivity contribution in [3.8, 4) is 0 Å². The number of nitrogens with one attached hydrogen (secondary N) is 1. The molecule has 3 N–H and O–H groups in total. The van der Waals surface area contributed by atoms with Gasteiger partial charge in [-0.1, -0.05) is 0 Å². The molecule has 0 aliphatic carbocycles. The number of hydrogen-bond acceptors (Lipinski definition) is 4. The lowest BCUT2D eigenvalue weighted by Gasteiger charge is -2.08. The quantitative estimate of drug-likeness (QED) is 0.767. The molecular formula is C11H17N3OS. The van der Waals surface area contributed by atoms with Crippen LogP contribution >= 0.6 is 11.8 Å². The first-order valence-corrected chi connectivity index (χ1v) is 6.20. The first kappa shape index (κ1) is 12.8. The second-order valence-corrected chi connectivity index (χ2v) is 4.87. The summed E-state index contributed by atoms with van der Waals surface area (Å²) in [7, 11) is 0. The summed E-state index contributed by atoms with van der Waals surface area (Å²) in [6, 6.07) is 2.06. The molecule has 16 heavy (non-hydrogen) atoms. The lowest BCUT2D eigenvalue weighted by Crippen LogP contribution is -2.30. The lowest BCUT2D eigenvalue weighted by molar-refractivity contribution is -0.121. The maximum atomic E-state index is 11.4. The largest absolute Gasteiger partial charge is 0.397 e. The Morgan fingerprint density at radius 1 is 1.62 bits per heavy atom. The van der Waals surface area contributed by atoms with Crippen LogP contribution in [0.1, 0.15) is 20.3 Å². The first-order valence-electron chi connectivity index (χ1n) is 5.21. The smallest absolute Gasteiger partial charge is 0.221 e. The third-order valence-corrected chi connectivity index (χ3v) is 2.94. The lowest BCUT2D eigenvalue weighted by atomic mass is 10.3. The fourth-order valence-electron chi connectivity index (χ4n) is 1.17. The number of carbonyl (C=O) groups excluding carboxylic acids is 1. The van der Waals surface area contributed by atoms with E-state index in [1.54, 1.807) is 24.2 Å². The molecule has 0 spiro atoms. The molecule has 5 heteroatoms. The van der Waals surface area contributed by atoms with Crippen LogP contribution < -0.4 is 11.1 Å². The molecule has 1 amide bonds. The molecule has 0 saturated carbocycles. The Morgan fingerprint density at radius 2 is 2.38 bits per heavy atom. The zero-order valence-corrected chi connectivity index (χ0v) is 10.4. The Morgan fingerprint density at radius 3 is 3.00 bits per heavy atom. The molecular weight excluding hydrogens is 222 g/mol. The molecule has 0 aliphatic rings. The van der Waals surface area contributed by atoms with Crippen molar-refractivity contribution >= 4 is 23.4 Å². The fraction of sp³-hybridized carbons (Fsp3) is 0.455. The van der Waals surface area contributed by atoms with E-state index in [0.717, 1.165) is 10.6 Å². The number of nitrogens with zero attached hydrogens (tertiary/aromatic N) is 1. The first-order chi connectivity index (χ1) is 7.59. The minimum absolute atomic E-state index is 0.0788. The van der Waals surface area contributed by atoms with Crippen molar-refractivity contribution in [2.24, 2.45) is 0 Å². The number of amides is 1. The number of carbonyl (C=O) groups is 1. The standard InChI is InChI=1S/C11H17N3OS/c1-8(2)14-11(15)4-6-16-10-3-5-13-7-9(10)12/h3,5,7-8H,4,6,12H2,1-2H3,(H,14,15). The third-order valence-electron chi connectivity index (χ3n) is 1.85. The van der Waals surface area contributed by atoms with E-state index in [4.69, 9.17) is 5.73 Å². The molecule has 1 rings (SSSR count). The highest BCUT2D eigenvalue weighted by molar-refractivity contribution is 7.99. The Labute approximate surface area is 100 Å². The average molecular weight is 239 g/mol. The molecule has 0 bridgehead atoms. The molecule has 1 heterocycles. The van der Waals surface area contributed by atoms with Gasteiger partial charge in [-0.2, -0.15) is 0 Å². The van der Waals surface area contributed by atoms with Gasteiger partial charge in [-0.25, -0.2) is 0 Å². The number of rotatable bonds is 5. The monoisotopic (exact) mass is 239 g/mol. The second-order valence-electron chi connectivity index (χ2n) is 3.73. The minimum Gasteiger partial charge on any atom is -0.397 e. The van der Waals surface area contributed by atoms with Crippen molar-refractivity contribution in [3.63, 3.8) is 0 Å². The van der Waals surface area contributed by atoms with E-state index in [1.807, 2.05) is 19.9 Å². The average Bonchev–Trinajstić information content (AvgIpc) is 2.19. The van der Waals surface area contributed by atoms with Gasteiger partial charge in [0.05, 0.1) is 11.9 Å². The molecule has 1 aromatic heterocycles. The Balaban J connectivity index is 2.31. The van der Waals surface area contributed by atoms with E-state index in [0.29, 0.717) is 12.1 Å². The predicted molar refractivity (Wildman–Crippen MR) is 67.3 cm³/mol. The number of anilines is 1. The number of pyridine rings is 1. The highest BCUT2D eigenvalue weighted by Gasteiger charge is 2.04. The van der Waals surface area contributed by atoms with Gasteiger partial charge in [-0.05, 0) is 19.9 Å². The van der Waals surface area contributed by atoms with Crippen molar-refractivity contribution in [2.75, 3.05) is 11.5 Å². The van der Waals surface area contributed by atoms with Gasteiger partial charge >= 0.3 is 0 Å². The second kappa shape index (κ2) is 6.37. The van der Waals surface area contributed by atoms with Crippen molar-refractivity contribution in [1.82, 2.24) is 10.3 Å². The van der Waals surface area contributed by atoms with E-state index >= 15 is 0 Å². The maximum absolute atomic E-state index is 11.4. The molecule has 0 aromatic carbocycles. The van der Waals surface area contributed by atoms with Gasteiger partial charge < -0.3 is 11.1 Å². The molecule has 0 fully saturated rings. The summed E-state index contributed by atoms with van der Waals surface area (Å²) < 4.78 is 0. The summed E-state index contributed by atoms with van der Waals surface area (Å²) in [5.41, 5.74) is 6.40. The molecule has 1 aromatic rings. The van der Waals surface area contributed by atoms with Crippen LogP contribution in [0.25, 0.3) is 0 Å². The van der Waals surface area contributed by atoms with Crippen molar-refractivity contribution in [2.45, 2.75) is 31.2 Å². The van der Waals surface area contributed by atoms with E-state index in [9.17, 15) is 4.79 Å². The molecule has 0 radical (unpaired) electrons. The SMILES string of the molecule is CC(C)NC(=O)CCSc1ccncc1N. The number of thioether (sulfide) groups is 1. The molecule has 0 aliphatic heterocycles. The van der Waals surface area contributed by atoms with Gasteiger partial charge in [0.15, 0.2) is 0 Å². The summed E-state index contributed by atoms with van der Waals surface area (Å²) in [6.07, 6.45) is 3.83. The van der Waals surface area contributed by atoms with Gasteiger partial charge in [0.25, 0.3) is 0 Å². The number of nitrogen functional groups attached to an aromatic ring is 1. The Bertz CT molecular complexity index is 355. The maximum Gasteiger partial charge on any atom is 0.221 e. The van der Waals surface area contributed by atoms with Crippen molar-refractivity contribution < 1.29 is 4.79 Å². The zero-order valence-electron chi connectivity index (χ0n) is 9.56. The van der Waals surface area contributed by atoms with Crippen molar-refractivity contribution in [1.29, 1.82) is 0 Å². The summed E-state index contributed by atoms with van der Waals surface area (Å²) in [5.74, 6) is 0.808. The van der Waals surface area contributed by atoms with Crippen LogP contribution in [-0.4, -0.2) is 22.7 Å². The van der Waals surface area contributed by atoms with Crippen LogP contribution in [0.15, 0.2) is 23.4 Å². The Kier molecular flexibility index (Phi) is 5.11. The van der Waals surface area contributed by atoms with Crippen LogP contribution in [0, 0.1) is 0 Å². The van der Waals surface area contributed by atoms with Gasteiger partial charge in [0.2, 0.25) is 5.91 Å². The van der Waals surface area contributed by atoms with Crippen LogP contribution in [0.3, 0.4) is 0 Å². The van der Waals surface area contributed by atoms with Crippen LogP contribution in [0.5, 0.6) is 0 Å². The van der Waals surface area contributed by atoms with E-state index in [1.165, 1.54) is 0 Å². The van der Waals surface area contributed by atoms with Crippen molar-refractivity contribution in [3.05, 3.63) is 18.5 Å². The van der Waals surface area contributed by atoms with Crippen LogP contribution in [0.2, 0.25) is 0 Å². The van der Waals surface area contributed by atoms with Crippen LogP contribution in [-0.2, 0) is 4.79 Å². The summed E-state index contributed by atoms with van der Waals surface area (Å²) in [5, 5.41) is 2.85. The predicted octanol–water partition coefficient (Wildman–Crippen LogP) is 1.67. The van der Waals surface area contributed by atoms with Gasteiger partial charge in [-0.15, -0.1) is 11.8 Å². The fourth-order valence-corrected chi connectivity index (χ4v) is 2.06. The van der Waals surface area contributed by atoms with Gasteiger partial charge in [0.1, 0.15) is 0 Å². The molecule has 0 saturated heterocycles. The zero-order chi connectivity index (χ0) is 12.0. The third kappa shape index (κ3) is 4.53. The normalized spacial score (nSPS) is 10.4. The van der Waals surface area contributed by atoms with E-state index in [-0.39, 0.29) is 11.9 Å². The highest BCUT2D eigenvalue weighted by Crippen LogP contribution is 2.23. The minimum atomic E-state index is 0.0788. The number of nitrogens with two attached hydrogens (primary N) is 1. The van der Waals surface area contributed by atoms with E-state index < -0.39 is 0 Å². The summed E-state index contributed by atoms with van der Waals surface area (Å²) >= 11 is 1.58. The van der Waals surface area contributed by atoms with E-state index in [2.05, 4.69) is 10.3 Å². The number of aromatic nitrogens is 1. The molecule has 88 valence electrons. The van der Waals surface area contributed by atoms with Gasteiger partial charge in [0, 0.05) is 29.3 Å². The Hall–Kier alpha value is -1.23. The highest BCUT2D eigenvalue weighted by atomic mass is 32.2. The molecule has 4 nitrogen and oxygen atoms in total. The van der Waals surface area contributed by atoms with Crippen LogP contribution in [0.4, 0.5) is 5.69 Å². The number of hydrogen-bond donors (Lipinski definition) is 2. The topological polar surface area (TPSA) is 68.0 Å². The molecule has 0 atom stereocenters. The summed E-state index contributed by atoms with van der Waals surface area (Å²) in [6.45, 7) is 3.90. The summed E-state index contributed by atoms with van der Waals surface area (Å²) in [4.78, 5) is 16.2.